The summed E-state index contributed by atoms with van der Waals surface area (Å²) in [7, 11) is 0. The molecule has 0 bridgehead atoms. The van der Waals surface area contributed by atoms with Crippen molar-refractivity contribution < 1.29 is 14.3 Å². The maximum atomic E-state index is 12.4. The van der Waals surface area contributed by atoms with E-state index in [9.17, 15) is 4.79 Å². The predicted octanol–water partition coefficient (Wildman–Crippen LogP) is 4.66. The monoisotopic (exact) mass is 336 g/mol. The van der Waals surface area contributed by atoms with Gasteiger partial charge in [0, 0.05) is 31.1 Å². The number of amides is 1. The van der Waals surface area contributed by atoms with Crippen LogP contribution in [0.15, 0.2) is 18.3 Å². The van der Waals surface area contributed by atoms with E-state index in [-0.39, 0.29) is 18.2 Å². The Bertz CT molecular complexity index is 493. The summed E-state index contributed by atoms with van der Waals surface area (Å²) in [6.45, 7) is 9.32. The van der Waals surface area contributed by atoms with Crippen molar-refractivity contribution in [2.75, 3.05) is 13.2 Å². The number of piperidine rings is 1. The Morgan fingerprint density at radius 2 is 2.21 bits per heavy atom. The molecule has 1 aliphatic rings. The van der Waals surface area contributed by atoms with Crippen molar-refractivity contribution in [3.05, 3.63) is 24.0 Å². The highest BCUT2D eigenvalue weighted by molar-refractivity contribution is 5.68. The largest absolute Gasteiger partial charge is 0.444 e. The second-order valence-corrected chi connectivity index (χ2v) is 7.60. The summed E-state index contributed by atoms with van der Waals surface area (Å²) in [6.07, 6.45) is 7.05. The van der Waals surface area contributed by atoms with Gasteiger partial charge < -0.3 is 19.4 Å². The van der Waals surface area contributed by atoms with Gasteiger partial charge in [0.15, 0.2) is 0 Å². The second kappa shape index (κ2) is 8.56. The van der Waals surface area contributed by atoms with E-state index in [0.717, 1.165) is 37.9 Å². The summed E-state index contributed by atoms with van der Waals surface area (Å²) in [4.78, 5) is 17.5. The van der Waals surface area contributed by atoms with E-state index in [2.05, 4.69) is 11.9 Å². The molecule has 5 heteroatoms. The van der Waals surface area contributed by atoms with Crippen LogP contribution in [0.1, 0.15) is 71.6 Å². The maximum absolute atomic E-state index is 12.4. The molecular formula is C19H32N2O3. The first-order valence-corrected chi connectivity index (χ1v) is 9.11. The molecule has 1 saturated heterocycles. The minimum atomic E-state index is -0.437. The van der Waals surface area contributed by atoms with E-state index in [0.29, 0.717) is 6.61 Å². The van der Waals surface area contributed by atoms with Gasteiger partial charge >= 0.3 is 6.09 Å². The number of hydrogen-bond donors (Lipinski definition) is 1. The van der Waals surface area contributed by atoms with Crippen molar-refractivity contribution in [1.29, 1.82) is 0 Å². The zero-order chi connectivity index (χ0) is 17.6. The Balaban J connectivity index is 1.75. The van der Waals surface area contributed by atoms with Crippen LogP contribution in [-0.4, -0.2) is 40.8 Å². The number of hydrogen-bond acceptors (Lipinski definition) is 3. The number of ether oxygens (including phenoxy) is 2. The van der Waals surface area contributed by atoms with Crippen molar-refractivity contribution in [3.8, 4) is 0 Å². The van der Waals surface area contributed by atoms with Gasteiger partial charge in [-0.1, -0.05) is 0 Å². The van der Waals surface area contributed by atoms with Crippen LogP contribution in [0, 0.1) is 0 Å². The molecule has 0 aromatic carbocycles. The molecule has 1 aromatic heterocycles. The van der Waals surface area contributed by atoms with Gasteiger partial charge in [-0.05, 0) is 71.9 Å². The van der Waals surface area contributed by atoms with Crippen molar-refractivity contribution >= 4 is 6.09 Å². The lowest BCUT2D eigenvalue weighted by Crippen LogP contribution is -2.46. The molecule has 5 nitrogen and oxygen atoms in total. The normalized spacial score (nSPS) is 20.0. The van der Waals surface area contributed by atoms with Crippen LogP contribution in [0.2, 0.25) is 0 Å². The number of likely N-dealkylation sites (tertiary alicyclic amines) is 1. The first-order valence-electron chi connectivity index (χ1n) is 9.11. The lowest BCUT2D eigenvalue weighted by atomic mass is 9.98. The van der Waals surface area contributed by atoms with E-state index in [4.69, 9.17) is 9.47 Å². The second-order valence-electron chi connectivity index (χ2n) is 7.60. The van der Waals surface area contributed by atoms with Gasteiger partial charge in [-0.3, -0.25) is 0 Å². The first kappa shape index (κ1) is 18.8. The zero-order valence-corrected chi connectivity index (χ0v) is 15.5. The fourth-order valence-electron chi connectivity index (χ4n) is 3.13. The Morgan fingerprint density at radius 1 is 1.42 bits per heavy atom. The molecule has 1 aromatic rings. The molecule has 0 spiro atoms. The Hall–Kier alpha value is -1.49. The predicted molar refractivity (Wildman–Crippen MR) is 95.0 cm³/mol. The molecule has 2 atom stereocenters. The third kappa shape index (κ3) is 5.86. The highest BCUT2D eigenvalue weighted by Crippen LogP contribution is 2.24. The number of aromatic amines is 1. The van der Waals surface area contributed by atoms with Crippen LogP contribution in [0.4, 0.5) is 4.79 Å². The average Bonchev–Trinajstić information content (AvgIpc) is 3.04. The number of nitrogens with one attached hydrogen (secondary N) is 1. The molecule has 0 aliphatic carbocycles. The summed E-state index contributed by atoms with van der Waals surface area (Å²) in [6, 6.07) is 4.30. The van der Waals surface area contributed by atoms with Crippen molar-refractivity contribution in [1.82, 2.24) is 9.88 Å². The smallest absolute Gasteiger partial charge is 0.410 e. The molecule has 1 aliphatic heterocycles. The first-order chi connectivity index (χ1) is 11.4. The molecule has 1 fully saturated rings. The van der Waals surface area contributed by atoms with Crippen molar-refractivity contribution in [3.63, 3.8) is 0 Å². The van der Waals surface area contributed by atoms with Crippen molar-refractivity contribution in [2.24, 2.45) is 0 Å². The topological polar surface area (TPSA) is 54.6 Å². The van der Waals surface area contributed by atoms with E-state index in [1.807, 2.05) is 44.0 Å². The molecule has 136 valence electrons. The van der Waals surface area contributed by atoms with Gasteiger partial charge in [-0.15, -0.1) is 0 Å². The minimum Gasteiger partial charge on any atom is -0.444 e. The van der Waals surface area contributed by atoms with Crippen LogP contribution in [0.5, 0.6) is 0 Å². The van der Waals surface area contributed by atoms with Gasteiger partial charge in [0.05, 0.1) is 6.10 Å². The number of aromatic nitrogens is 1. The van der Waals surface area contributed by atoms with E-state index in [1.54, 1.807) is 0 Å². The summed E-state index contributed by atoms with van der Waals surface area (Å²) in [5, 5.41) is 0. The molecule has 1 N–H and O–H groups in total. The van der Waals surface area contributed by atoms with Gasteiger partial charge in [0.2, 0.25) is 0 Å². The van der Waals surface area contributed by atoms with Gasteiger partial charge in [0.1, 0.15) is 5.60 Å². The van der Waals surface area contributed by atoms with E-state index >= 15 is 0 Å². The lowest BCUT2D eigenvalue weighted by Gasteiger charge is -2.37. The molecule has 1 amide bonds. The summed E-state index contributed by atoms with van der Waals surface area (Å²) in [5.41, 5.74) is 0.663. The maximum Gasteiger partial charge on any atom is 0.410 e. The molecule has 0 unspecified atom stereocenters. The van der Waals surface area contributed by atoms with Crippen molar-refractivity contribution in [2.45, 2.75) is 77.5 Å². The molecular weight excluding hydrogens is 304 g/mol. The highest BCUT2D eigenvalue weighted by atomic mass is 16.6. The summed E-state index contributed by atoms with van der Waals surface area (Å²) in [5.74, 6) is 0. The van der Waals surface area contributed by atoms with Crippen LogP contribution in [0.3, 0.4) is 0 Å². The number of rotatable bonds is 6. The standard InChI is InChI=1S/C19H32N2O3/c1-15(17-11-7-12-20-17)23-14-8-10-16-9-5-6-13-21(16)18(22)24-19(2,3)4/h7,11-12,15-16,20H,5-6,8-10,13-14H2,1-4H3/t15-,16-/m0/s1. The number of nitrogens with zero attached hydrogens (tertiary/aromatic N) is 1. The van der Waals surface area contributed by atoms with E-state index < -0.39 is 5.60 Å². The molecule has 0 radical (unpaired) electrons. The van der Waals surface area contributed by atoms with Gasteiger partial charge in [-0.2, -0.15) is 0 Å². The van der Waals surface area contributed by atoms with Crippen LogP contribution in [-0.2, 0) is 9.47 Å². The Morgan fingerprint density at radius 3 is 2.88 bits per heavy atom. The highest BCUT2D eigenvalue weighted by Gasteiger charge is 2.30. The zero-order valence-electron chi connectivity index (χ0n) is 15.5. The number of carbonyl (C=O) groups excluding carboxylic acids is 1. The summed E-state index contributed by atoms with van der Waals surface area (Å²) >= 11 is 0. The fourth-order valence-corrected chi connectivity index (χ4v) is 3.13. The van der Waals surface area contributed by atoms with Gasteiger partial charge in [-0.25, -0.2) is 4.79 Å². The molecule has 0 saturated carbocycles. The molecule has 2 heterocycles. The third-order valence-corrected chi connectivity index (χ3v) is 4.36. The molecule has 24 heavy (non-hydrogen) atoms. The van der Waals surface area contributed by atoms with Crippen LogP contribution < -0.4 is 0 Å². The Kier molecular flexibility index (Phi) is 6.72. The Labute approximate surface area is 145 Å². The average molecular weight is 336 g/mol. The van der Waals surface area contributed by atoms with Crippen LogP contribution >= 0.6 is 0 Å². The van der Waals surface area contributed by atoms with E-state index in [1.165, 1.54) is 6.42 Å². The third-order valence-electron chi connectivity index (χ3n) is 4.36. The van der Waals surface area contributed by atoms with Crippen LogP contribution in [0.25, 0.3) is 0 Å². The minimum absolute atomic E-state index is 0.0771. The lowest BCUT2D eigenvalue weighted by molar-refractivity contribution is 0.00583. The quantitative estimate of drug-likeness (QED) is 0.769. The SMILES string of the molecule is C[C@H](OCCC[C@@H]1CCCCN1C(=O)OC(C)(C)C)c1ccc[nH]1. The summed E-state index contributed by atoms with van der Waals surface area (Å²) < 4.78 is 11.4. The number of H-pyrrole nitrogens is 1. The fraction of sp³-hybridized carbons (Fsp3) is 0.737. The molecule has 2 rings (SSSR count). The van der Waals surface area contributed by atoms with Gasteiger partial charge in [0.25, 0.3) is 0 Å². The number of carbonyl (C=O) groups is 1.